The first-order valence-corrected chi connectivity index (χ1v) is 14.4. The number of anilines is 2. The molecule has 1 aromatic heterocycles. The van der Waals surface area contributed by atoms with Gasteiger partial charge in [0.25, 0.3) is 5.91 Å². The molecule has 1 N–H and O–H groups in total. The first-order valence-electron chi connectivity index (χ1n) is 14.4. The highest BCUT2D eigenvalue weighted by atomic mass is 19.1. The average Bonchev–Trinajstić information content (AvgIpc) is 3.71. The summed E-state index contributed by atoms with van der Waals surface area (Å²) in [4.78, 5) is 30.3. The first-order chi connectivity index (χ1) is 20.1. The zero-order valence-electron chi connectivity index (χ0n) is 24.1. The molecule has 3 aliphatic rings. The molecular weight excluding hydrogens is 541 g/mol. The normalized spacial score (nSPS) is 25.5. The number of cyclic esters (lactones) is 1. The fourth-order valence-electron chi connectivity index (χ4n) is 6.96. The monoisotopic (exact) mass is 577 g/mol. The van der Waals surface area contributed by atoms with E-state index in [2.05, 4.69) is 10.3 Å². The summed E-state index contributed by atoms with van der Waals surface area (Å²) in [6.07, 6.45) is 1.53. The van der Waals surface area contributed by atoms with Gasteiger partial charge in [0.2, 0.25) is 0 Å². The Hall–Kier alpha value is -3.83. The maximum absolute atomic E-state index is 16.0. The number of ether oxygens (including phenoxy) is 2. The zero-order valence-corrected chi connectivity index (χ0v) is 24.1. The smallest absolute Gasteiger partial charge is 0.414 e. The summed E-state index contributed by atoms with van der Waals surface area (Å²) in [5, 5.41) is 17.5. The molecule has 4 atom stereocenters. The molecule has 0 radical (unpaired) electrons. The van der Waals surface area contributed by atoms with Crippen LogP contribution >= 0.6 is 0 Å². The van der Waals surface area contributed by atoms with Crippen molar-refractivity contribution in [1.82, 2.24) is 15.0 Å². The Morgan fingerprint density at radius 3 is 2.64 bits per heavy atom. The number of aliphatic hydroxyl groups excluding tert-OH is 1. The molecule has 3 aliphatic heterocycles. The van der Waals surface area contributed by atoms with E-state index in [1.807, 2.05) is 55.5 Å². The third-order valence-electron chi connectivity index (χ3n) is 8.80. The van der Waals surface area contributed by atoms with Crippen molar-refractivity contribution in [2.45, 2.75) is 64.1 Å². The summed E-state index contributed by atoms with van der Waals surface area (Å²) < 4.78 is 29.7. The number of amides is 2. The molecule has 222 valence electrons. The average molecular weight is 578 g/mol. The summed E-state index contributed by atoms with van der Waals surface area (Å²) in [6.45, 7) is 6.38. The van der Waals surface area contributed by atoms with Gasteiger partial charge in [-0.2, -0.15) is 0 Å². The van der Waals surface area contributed by atoms with Gasteiger partial charge in [-0.15, -0.1) is 5.10 Å². The fraction of sp³-hybridized carbons (Fsp3) is 0.484. The summed E-state index contributed by atoms with van der Waals surface area (Å²) in [5.41, 5.74) is 0.467. The van der Waals surface area contributed by atoms with Gasteiger partial charge in [-0.05, 0) is 44.0 Å². The van der Waals surface area contributed by atoms with Crippen LogP contribution in [0.25, 0.3) is 0 Å². The van der Waals surface area contributed by atoms with E-state index in [0.717, 1.165) is 5.56 Å². The number of hydrogen-bond acceptors (Lipinski definition) is 7. The second kappa shape index (κ2) is 10.8. The summed E-state index contributed by atoms with van der Waals surface area (Å²) >= 11 is 0. The molecule has 2 aromatic carbocycles. The Kier molecular flexibility index (Phi) is 7.26. The first kappa shape index (κ1) is 28.3. The van der Waals surface area contributed by atoms with E-state index in [1.54, 1.807) is 20.7 Å². The predicted octanol–water partition coefficient (Wildman–Crippen LogP) is 4.00. The standard InChI is InChI=1S/C31H36FN5O5/c1-20-27(30(2,3)32)26(11-13-35-19-22(12-15-38)33-34-35)42-31(20)24-17-23(36-14-16-41-29(36)40)9-10-25(24)37(28(31)39)18-21-7-5-4-6-8-21/h4-10,17,19-20,26-27,38H,11-16,18H2,1-3H3/t20-,26+,27-,31+/m0/s1. The second-order valence-electron chi connectivity index (χ2n) is 11.9. The number of benzene rings is 2. The maximum Gasteiger partial charge on any atom is 0.414 e. The van der Waals surface area contributed by atoms with Gasteiger partial charge in [-0.3, -0.25) is 14.4 Å². The molecule has 0 unspecified atom stereocenters. The molecule has 1 spiro atoms. The Bertz CT molecular complexity index is 1470. The van der Waals surface area contributed by atoms with Crippen LogP contribution < -0.4 is 9.80 Å². The molecule has 0 saturated carbocycles. The molecule has 42 heavy (non-hydrogen) atoms. The van der Waals surface area contributed by atoms with E-state index in [1.165, 1.54) is 13.8 Å². The molecule has 6 rings (SSSR count). The Labute approximate surface area is 244 Å². The van der Waals surface area contributed by atoms with Crippen molar-refractivity contribution in [3.63, 3.8) is 0 Å². The molecule has 0 aliphatic carbocycles. The van der Waals surface area contributed by atoms with Gasteiger partial charge < -0.3 is 19.5 Å². The molecular formula is C31H36FN5O5. The summed E-state index contributed by atoms with van der Waals surface area (Å²) in [5.74, 6) is -1.36. The minimum absolute atomic E-state index is 0.0271. The number of fused-ring (bicyclic) bond motifs is 2. The number of rotatable bonds is 9. The third-order valence-corrected chi connectivity index (χ3v) is 8.80. The predicted molar refractivity (Wildman–Crippen MR) is 153 cm³/mol. The fourth-order valence-corrected chi connectivity index (χ4v) is 6.96. The van der Waals surface area contributed by atoms with Crippen molar-refractivity contribution >= 4 is 23.4 Å². The van der Waals surface area contributed by atoms with Crippen LogP contribution in [-0.2, 0) is 39.4 Å². The molecule has 4 heterocycles. The van der Waals surface area contributed by atoms with Gasteiger partial charge >= 0.3 is 6.09 Å². The van der Waals surface area contributed by atoms with E-state index >= 15 is 4.39 Å². The number of carbonyl (C=O) groups is 2. The number of aromatic nitrogens is 3. The lowest BCUT2D eigenvalue weighted by molar-refractivity contribution is -0.146. The lowest BCUT2D eigenvalue weighted by atomic mass is 9.71. The van der Waals surface area contributed by atoms with Crippen molar-refractivity contribution in [2.24, 2.45) is 11.8 Å². The highest BCUT2D eigenvalue weighted by molar-refractivity contribution is 6.08. The van der Waals surface area contributed by atoms with Crippen molar-refractivity contribution in [1.29, 1.82) is 0 Å². The van der Waals surface area contributed by atoms with Gasteiger partial charge in [0.05, 0.1) is 30.6 Å². The molecule has 2 saturated heterocycles. The van der Waals surface area contributed by atoms with Crippen LogP contribution in [0.5, 0.6) is 0 Å². The molecule has 11 heteroatoms. The maximum atomic E-state index is 16.0. The Morgan fingerprint density at radius 2 is 1.95 bits per heavy atom. The number of aliphatic hydroxyl groups is 1. The largest absolute Gasteiger partial charge is 0.447 e. The van der Waals surface area contributed by atoms with E-state index < -0.39 is 35.3 Å². The van der Waals surface area contributed by atoms with Gasteiger partial charge in [0.15, 0.2) is 5.60 Å². The van der Waals surface area contributed by atoms with Crippen LogP contribution in [0.3, 0.4) is 0 Å². The number of hydrogen-bond donors (Lipinski definition) is 1. The van der Waals surface area contributed by atoms with Crippen molar-refractivity contribution < 1.29 is 28.6 Å². The van der Waals surface area contributed by atoms with Gasteiger partial charge in [0, 0.05) is 48.9 Å². The van der Waals surface area contributed by atoms with E-state index in [-0.39, 0.29) is 19.1 Å². The lowest BCUT2D eigenvalue weighted by Crippen LogP contribution is -2.45. The summed E-state index contributed by atoms with van der Waals surface area (Å²) in [6, 6.07) is 15.2. The molecule has 3 aromatic rings. The van der Waals surface area contributed by atoms with Gasteiger partial charge in [-0.1, -0.05) is 42.5 Å². The molecule has 0 bridgehead atoms. The van der Waals surface area contributed by atoms with Crippen LogP contribution in [0, 0.1) is 11.8 Å². The van der Waals surface area contributed by atoms with E-state index in [9.17, 15) is 14.7 Å². The summed E-state index contributed by atoms with van der Waals surface area (Å²) in [7, 11) is 0. The molecule has 2 amide bonds. The van der Waals surface area contributed by atoms with Crippen LogP contribution in [0.1, 0.15) is 44.0 Å². The minimum Gasteiger partial charge on any atom is -0.447 e. The van der Waals surface area contributed by atoms with E-state index in [0.29, 0.717) is 55.1 Å². The lowest BCUT2D eigenvalue weighted by Gasteiger charge is -2.32. The highest BCUT2D eigenvalue weighted by Crippen LogP contribution is 2.59. The van der Waals surface area contributed by atoms with Crippen molar-refractivity contribution in [3.05, 3.63) is 71.5 Å². The topological polar surface area (TPSA) is 110 Å². The Balaban J connectivity index is 1.40. The van der Waals surface area contributed by atoms with Crippen LogP contribution in [-0.4, -0.2) is 63.6 Å². The SMILES string of the molecule is C[C@H]1[C@H](C(C)(C)F)[C@@H](CCn2cc(CCO)nn2)O[C@]12C(=O)N(Cc1ccccc1)c1ccc(N3CCOC3=O)cc12. The van der Waals surface area contributed by atoms with Crippen LogP contribution in [0.2, 0.25) is 0 Å². The quantitative estimate of drug-likeness (QED) is 0.409. The molecule has 2 fully saturated rings. The second-order valence-corrected chi connectivity index (χ2v) is 11.9. The van der Waals surface area contributed by atoms with Crippen molar-refractivity contribution in [3.8, 4) is 0 Å². The number of aryl methyl sites for hydroxylation is 1. The highest BCUT2D eigenvalue weighted by Gasteiger charge is 2.66. The van der Waals surface area contributed by atoms with Gasteiger partial charge in [-0.25, -0.2) is 9.18 Å². The zero-order chi connectivity index (χ0) is 29.6. The number of halogens is 1. The number of carbonyl (C=O) groups excluding carboxylic acids is 2. The van der Waals surface area contributed by atoms with Crippen LogP contribution in [0.4, 0.5) is 20.6 Å². The molecule has 10 nitrogen and oxygen atoms in total. The van der Waals surface area contributed by atoms with Gasteiger partial charge in [0.1, 0.15) is 12.3 Å². The minimum atomic E-state index is -1.65. The Morgan fingerprint density at radius 1 is 1.17 bits per heavy atom. The van der Waals surface area contributed by atoms with E-state index in [4.69, 9.17) is 9.47 Å². The number of alkyl halides is 1. The van der Waals surface area contributed by atoms with Crippen LogP contribution in [0.15, 0.2) is 54.7 Å². The van der Waals surface area contributed by atoms with Crippen molar-refractivity contribution in [2.75, 3.05) is 29.6 Å². The number of nitrogens with zero attached hydrogens (tertiary/aromatic N) is 5. The third kappa shape index (κ3) is 4.74.